The number of fused-ring (bicyclic) bond motifs is 5. The number of aromatic nitrogens is 2. The summed E-state index contributed by atoms with van der Waals surface area (Å²) in [5, 5.41) is 6.12. The molecule has 2 amide bonds. The lowest BCUT2D eigenvalue weighted by atomic mass is 9.82. The van der Waals surface area contributed by atoms with Crippen molar-refractivity contribution in [3.8, 4) is 11.4 Å². The molecule has 3 aromatic rings. The predicted octanol–water partition coefficient (Wildman–Crippen LogP) is 1.34. The molecule has 0 saturated carbocycles. The van der Waals surface area contributed by atoms with Crippen molar-refractivity contribution in [1.82, 2.24) is 20.2 Å². The van der Waals surface area contributed by atoms with Gasteiger partial charge in [-0.3, -0.25) is 14.4 Å². The molecule has 9 nitrogen and oxygen atoms in total. The van der Waals surface area contributed by atoms with Crippen molar-refractivity contribution in [3.63, 3.8) is 0 Å². The number of nitrogens with one attached hydrogen (secondary N) is 2. The van der Waals surface area contributed by atoms with Crippen LogP contribution in [-0.4, -0.2) is 33.9 Å². The van der Waals surface area contributed by atoms with Gasteiger partial charge < -0.3 is 19.9 Å². The van der Waals surface area contributed by atoms with E-state index in [9.17, 15) is 19.2 Å². The molecule has 0 spiro atoms. The zero-order chi connectivity index (χ0) is 23.3. The van der Waals surface area contributed by atoms with Gasteiger partial charge >= 0.3 is 5.97 Å². The maximum atomic E-state index is 13.5. The fourth-order valence-corrected chi connectivity index (χ4v) is 4.63. The van der Waals surface area contributed by atoms with E-state index in [1.165, 1.54) is 6.92 Å². The van der Waals surface area contributed by atoms with Crippen LogP contribution in [0.3, 0.4) is 0 Å². The molecule has 4 heterocycles. The Hall–Kier alpha value is -4.01. The molecule has 0 aliphatic carbocycles. The average molecular weight is 446 g/mol. The Morgan fingerprint density at radius 2 is 2.00 bits per heavy atom. The number of carbonyl (C=O) groups excluding carboxylic acids is 3. The van der Waals surface area contributed by atoms with Gasteiger partial charge in [-0.15, -0.1) is 0 Å². The number of ether oxygens (including phenoxy) is 1. The summed E-state index contributed by atoms with van der Waals surface area (Å²) >= 11 is 0. The molecule has 2 N–H and O–H groups in total. The monoisotopic (exact) mass is 446 g/mol. The average Bonchev–Trinajstić information content (AvgIpc) is 3.16. The van der Waals surface area contributed by atoms with Gasteiger partial charge in [-0.25, -0.2) is 9.78 Å². The Balaban J connectivity index is 1.66. The summed E-state index contributed by atoms with van der Waals surface area (Å²) in [7, 11) is 0. The largest absolute Gasteiger partial charge is 0.459 e. The topological polar surface area (TPSA) is 119 Å². The predicted molar refractivity (Wildman–Crippen MR) is 119 cm³/mol. The zero-order valence-corrected chi connectivity index (χ0v) is 18.2. The highest BCUT2D eigenvalue weighted by Crippen LogP contribution is 2.38. The minimum absolute atomic E-state index is 0.164. The second kappa shape index (κ2) is 7.54. The molecule has 5 rings (SSSR count). The third kappa shape index (κ3) is 3.19. The van der Waals surface area contributed by atoms with E-state index < -0.39 is 17.4 Å². The molecular weight excluding hydrogens is 424 g/mol. The van der Waals surface area contributed by atoms with Gasteiger partial charge in [-0.2, -0.15) is 0 Å². The normalized spacial score (nSPS) is 18.2. The summed E-state index contributed by atoms with van der Waals surface area (Å²) in [6.07, 6.45) is 0.172. The second-order valence-electron chi connectivity index (χ2n) is 8.29. The lowest BCUT2D eigenvalue weighted by molar-refractivity contribution is -0.158. The molecule has 0 fully saturated rings. The molecule has 1 atom stereocenters. The van der Waals surface area contributed by atoms with Gasteiger partial charge in [0.25, 0.3) is 5.56 Å². The van der Waals surface area contributed by atoms with E-state index in [0.29, 0.717) is 29.1 Å². The Morgan fingerprint density at radius 1 is 1.21 bits per heavy atom. The molecule has 9 heteroatoms. The third-order valence-electron chi connectivity index (χ3n) is 6.31. The van der Waals surface area contributed by atoms with Gasteiger partial charge in [-0.1, -0.05) is 25.1 Å². The Labute approximate surface area is 188 Å². The van der Waals surface area contributed by atoms with E-state index in [1.54, 1.807) is 17.6 Å². The summed E-state index contributed by atoms with van der Waals surface area (Å²) in [4.78, 5) is 55.0. The minimum Gasteiger partial charge on any atom is -0.459 e. The highest BCUT2D eigenvalue weighted by molar-refractivity contribution is 5.93. The van der Waals surface area contributed by atoms with Crippen LogP contribution in [0.25, 0.3) is 22.3 Å². The Kier molecular flexibility index (Phi) is 4.77. The standard InChI is InChI=1S/C24H22N4O5/c1-3-24(27-20(30)10-25-13(2)29)17-9-19-21-15(8-14-6-4-5-7-18(14)26-21)11-28(19)22(31)16(17)12-33-23(24)32/h4-9H,3,10-12H2,1-2H3,(H,25,29)(H,27,30)/t24-/m0/s1. The summed E-state index contributed by atoms with van der Waals surface area (Å²) < 4.78 is 6.98. The molecule has 0 unspecified atom stereocenters. The molecule has 2 aliphatic heterocycles. The number of amides is 2. The van der Waals surface area contributed by atoms with Crippen LogP contribution in [-0.2, 0) is 37.8 Å². The first kappa shape index (κ1) is 20.9. The maximum absolute atomic E-state index is 13.5. The first-order valence-corrected chi connectivity index (χ1v) is 10.7. The minimum atomic E-state index is -1.53. The van der Waals surface area contributed by atoms with Crippen LogP contribution in [0.1, 0.15) is 37.0 Å². The Bertz CT molecular complexity index is 1410. The second-order valence-corrected chi connectivity index (χ2v) is 8.29. The van der Waals surface area contributed by atoms with Crippen molar-refractivity contribution in [3.05, 3.63) is 63.4 Å². The lowest BCUT2D eigenvalue weighted by Crippen LogP contribution is -2.57. The van der Waals surface area contributed by atoms with Crippen molar-refractivity contribution in [1.29, 1.82) is 0 Å². The van der Waals surface area contributed by atoms with E-state index in [0.717, 1.165) is 16.5 Å². The number of benzene rings is 1. The number of nitrogens with zero attached hydrogens (tertiary/aromatic N) is 2. The number of hydrogen-bond donors (Lipinski definition) is 2. The van der Waals surface area contributed by atoms with Gasteiger partial charge in [-0.05, 0) is 24.6 Å². The van der Waals surface area contributed by atoms with Crippen molar-refractivity contribution in [2.24, 2.45) is 0 Å². The van der Waals surface area contributed by atoms with E-state index in [2.05, 4.69) is 10.6 Å². The van der Waals surface area contributed by atoms with E-state index in [1.807, 2.05) is 30.3 Å². The van der Waals surface area contributed by atoms with Gasteiger partial charge in [0.15, 0.2) is 5.54 Å². The molecule has 33 heavy (non-hydrogen) atoms. The Morgan fingerprint density at radius 3 is 2.76 bits per heavy atom. The molecule has 0 saturated heterocycles. The van der Waals surface area contributed by atoms with Crippen LogP contribution in [0, 0.1) is 0 Å². The fraction of sp³-hybridized carbons (Fsp3) is 0.292. The number of cyclic esters (lactones) is 1. The number of hydrogen-bond acceptors (Lipinski definition) is 6. The SMILES string of the molecule is CC[C@@]1(NC(=O)CNC(C)=O)C(=O)OCc2c1cc1n(c2=O)Cc2cc3ccccc3nc2-1. The third-order valence-corrected chi connectivity index (χ3v) is 6.31. The number of para-hydroxylation sites is 1. The van der Waals surface area contributed by atoms with Gasteiger partial charge in [0.2, 0.25) is 11.8 Å². The molecule has 2 aliphatic rings. The molecular formula is C24H22N4O5. The van der Waals surface area contributed by atoms with Crippen LogP contribution < -0.4 is 16.2 Å². The summed E-state index contributed by atoms with van der Waals surface area (Å²) in [6, 6.07) is 11.5. The fourth-order valence-electron chi connectivity index (χ4n) is 4.63. The lowest BCUT2D eigenvalue weighted by Gasteiger charge is -2.37. The van der Waals surface area contributed by atoms with Crippen LogP contribution in [0.2, 0.25) is 0 Å². The van der Waals surface area contributed by atoms with E-state index in [4.69, 9.17) is 9.72 Å². The highest BCUT2D eigenvalue weighted by Gasteiger charge is 2.48. The first-order chi connectivity index (χ1) is 15.8. The molecule has 0 bridgehead atoms. The summed E-state index contributed by atoms with van der Waals surface area (Å²) in [6.45, 7) is 2.95. The van der Waals surface area contributed by atoms with Crippen LogP contribution >= 0.6 is 0 Å². The van der Waals surface area contributed by atoms with Crippen LogP contribution in [0.4, 0.5) is 0 Å². The number of carbonyl (C=O) groups is 3. The van der Waals surface area contributed by atoms with Gasteiger partial charge in [0, 0.05) is 23.4 Å². The maximum Gasteiger partial charge on any atom is 0.336 e. The van der Waals surface area contributed by atoms with Crippen LogP contribution in [0.5, 0.6) is 0 Å². The van der Waals surface area contributed by atoms with Crippen molar-refractivity contribution in [2.45, 2.75) is 39.0 Å². The summed E-state index contributed by atoms with van der Waals surface area (Å²) in [5.41, 5.74) is 1.94. The molecule has 0 radical (unpaired) electrons. The van der Waals surface area contributed by atoms with E-state index >= 15 is 0 Å². The van der Waals surface area contributed by atoms with Gasteiger partial charge in [0.1, 0.15) is 6.61 Å². The summed E-state index contributed by atoms with van der Waals surface area (Å²) in [5.74, 6) is -1.56. The number of pyridine rings is 2. The number of rotatable bonds is 4. The van der Waals surface area contributed by atoms with Crippen molar-refractivity contribution >= 4 is 28.7 Å². The zero-order valence-electron chi connectivity index (χ0n) is 18.2. The van der Waals surface area contributed by atoms with Crippen molar-refractivity contribution < 1.29 is 19.1 Å². The van der Waals surface area contributed by atoms with Gasteiger partial charge in [0.05, 0.1) is 35.6 Å². The smallest absolute Gasteiger partial charge is 0.336 e. The number of esters is 1. The highest BCUT2D eigenvalue weighted by atomic mass is 16.5. The first-order valence-electron chi connectivity index (χ1n) is 10.7. The van der Waals surface area contributed by atoms with Crippen molar-refractivity contribution in [2.75, 3.05) is 6.54 Å². The molecule has 168 valence electrons. The molecule has 1 aromatic carbocycles. The van der Waals surface area contributed by atoms with Crippen LogP contribution in [0.15, 0.2) is 41.2 Å². The van der Waals surface area contributed by atoms with E-state index in [-0.39, 0.29) is 31.0 Å². The molecule has 2 aromatic heterocycles. The quantitative estimate of drug-likeness (QED) is 0.457.